The van der Waals surface area contributed by atoms with Gasteiger partial charge in [0.25, 0.3) is 11.4 Å². The molecule has 1 atom stereocenters. The minimum Gasteiger partial charge on any atom is -0.497 e. The molecule has 0 aromatic heterocycles. The SMILES string of the molecule is CC1CN1.O=[N+]([O-])c1cc([N+](=O)[O-])c(O)c([N+](=O)[O-])c1. The van der Waals surface area contributed by atoms with Crippen molar-refractivity contribution in [2.45, 2.75) is 13.0 Å². The van der Waals surface area contributed by atoms with E-state index in [1.807, 2.05) is 0 Å². The number of rotatable bonds is 3. The number of nitro benzene ring substituents is 3. The van der Waals surface area contributed by atoms with Crippen LogP contribution >= 0.6 is 0 Å². The Bertz CT molecular complexity index is 534. The third kappa shape index (κ3) is 3.84. The Kier molecular flexibility index (Phi) is 4.48. The van der Waals surface area contributed by atoms with Crippen LogP contribution in [-0.4, -0.2) is 32.5 Å². The molecule has 2 rings (SSSR count). The van der Waals surface area contributed by atoms with Crippen molar-refractivity contribution in [3.8, 4) is 5.75 Å². The Balaban J connectivity index is 0.000000425. The number of aromatic hydroxyl groups is 1. The summed E-state index contributed by atoms with van der Waals surface area (Å²) in [5.41, 5.74) is -3.00. The number of benzene rings is 1. The smallest absolute Gasteiger partial charge is 0.324 e. The second-order valence-electron chi connectivity index (χ2n) is 3.91. The van der Waals surface area contributed by atoms with Gasteiger partial charge in [-0.05, 0) is 6.92 Å². The summed E-state index contributed by atoms with van der Waals surface area (Å²) in [5, 5.41) is 43.3. The van der Waals surface area contributed by atoms with Crippen LogP contribution in [0.5, 0.6) is 5.75 Å². The molecule has 0 bridgehead atoms. The number of phenolic OH excluding ortho intramolecular Hbond substituents is 1. The molecule has 20 heavy (non-hydrogen) atoms. The van der Waals surface area contributed by atoms with E-state index in [2.05, 4.69) is 12.2 Å². The third-order valence-electron chi connectivity index (χ3n) is 2.27. The fraction of sp³-hybridized carbons (Fsp3) is 0.333. The third-order valence-corrected chi connectivity index (χ3v) is 2.27. The molecule has 1 heterocycles. The summed E-state index contributed by atoms with van der Waals surface area (Å²) in [6, 6.07) is 1.73. The van der Waals surface area contributed by atoms with E-state index in [1.54, 1.807) is 0 Å². The average molecular weight is 286 g/mol. The van der Waals surface area contributed by atoms with Gasteiger partial charge >= 0.3 is 11.4 Å². The fourth-order valence-corrected chi connectivity index (χ4v) is 1.09. The van der Waals surface area contributed by atoms with Crippen molar-refractivity contribution in [3.63, 3.8) is 0 Å². The van der Waals surface area contributed by atoms with E-state index < -0.39 is 37.6 Å². The summed E-state index contributed by atoms with van der Waals surface area (Å²) >= 11 is 0. The molecule has 0 saturated carbocycles. The maximum absolute atomic E-state index is 10.4. The summed E-state index contributed by atoms with van der Waals surface area (Å²) in [6.07, 6.45) is 0. The molecule has 0 aliphatic carbocycles. The number of nitro groups is 3. The summed E-state index contributed by atoms with van der Waals surface area (Å²) in [7, 11) is 0. The van der Waals surface area contributed by atoms with Gasteiger partial charge in [-0.15, -0.1) is 0 Å². The lowest BCUT2D eigenvalue weighted by Crippen LogP contribution is -1.97. The lowest BCUT2D eigenvalue weighted by Gasteiger charge is -1.97. The Labute approximate surface area is 111 Å². The van der Waals surface area contributed by atoms with Gasteiger partial charge in [-0.25, -0.2) is 0 Å². The standard InChI is InChI=1S/C6H3N3O7.C3H7N/c10-6-4(8(13)14)1-3(7(11)12)2-5(6)9(15)16;1-3-2-4-3/h1-2,10H;3-4H,2H2,1H3. The van der Waals surface area contributed by atoms with Crippen LogP contribution in [-0.2, 0) is 0 Å². The lowest BCUT2D eigenvalue weighted by atomic mass is 10.2. The van der Waals surface area contributed by atoms with Crippen molar-refractivity contribution in [2.75, 3.05) is 6.54 Å². The molecule has 0 radical (unpaired) electrons. The summed E-state index contributed by atoms with van der Waals surface area (Å²) in [4.78, 5) is 27.8. The molecular weight excluding hydrogens is 276 g/mol. The first-order valence-electron chi connectivity index (χ1n) is 5.27. The molecule has 11 heteroatoms. The average Bonchev–Trinajstić information content (AvgIpc) is 3.11. The van der Waals surface area contributed by atoms with Crippen molar-refractivity contribution in [1.82, 2.24) is 5.32 Å². The minimum atomic E-state index is -1.21. The van der Waals surface area contributed by atoms with Crippen LogP contribution in [0.15, 0.2) is 12.1 Å². The van der Waals surface area contributed by atoms with E-state index in [-0.39, 0.29) is 0 Å². The van der Waals surface area contributed by atoms with Gasteiger partial charge in [-0.3, -0.25) is 30.3 Å². The second-order valence-corrected chi connectivity index (χ2v) is 3.91. The van der Waals surface area contributed by atoms with Crippen LogP contribution in [0, 0.1) is 30.3 Å². The molecule has 1 aliphatic heterocycles. The van der Waals surface area contributed by atoms with Crippen LogP contribution in [0.4, 0.5) is 17.1 Å². The molecule has 0 spiro atoms. The summed E-state index contributed by atoms with van der Waals surface area (Å²) in [5.74, 6) is -1.21. The minimum absolute atomic E-state index is 0.447. The van der Waals surface area contributed by atoms with Gasteiger partial charge < -0.3 is 10.4 Å². The number of nitrogens with zero attached hydrogens (tertiary/aromatic N) is 3. The highest BCUT2D eigenvalue weighted by molar-refractivity contribution is 5.64. The van der Waals surface area contributed by atoms with Crippen LogP contribution in [0.2, 0.25) is 0 Å². The highest BCUT2D eigenvalue weighted by Gasteiger charge is 2.30. The Morgan fingerprint density at radius 3 is 1.65 bits per heavy atom. The zero-order valence-corrected chi connectivity index (χ0v) is 10.2. The number of hydrogen-bond acceptors (Lipinski definition) is 8. The molecule has 1 unspecified atom stereocenters. The first-order chi connectivity index (χ1) is 9.23. The van der Waals surface area contributed by atoms with Gasteiger partial charge in [-0.2, -0.15) is 0 Å². The van der Waals surface area contributed by atoms with E-state index in [0.29, 0.717) is 12.1 Å². The molecule has 0 amide bonds. The number of phenols is 1. The van der Waals surface area contributed by atoms with Crippen molar-refractivity contribution < 1.29 is 19.9 Å². The van der Waals surface area contributed by atoms with Crippen LogP contribution < -0.4 is 5.32 Å². The Morgan fingerprint density at radius 1 is 1.10 bits per heavy atom. The van der Waals surface area contributed by atoms with Crippen molar-refractivity contribution in [3.05, 3.63) is 42.5 Å². The van der Waals surface area contributed by atoms with Crippen molar-refractivity contribution in [1.29, 1.82) is 0 Å². The maximum Gasteiger partial charge on any atom is 0.324 e. The molecule has 1 aliphatic rings. The van der Waals surface area contributed by atoms with E-state index in [1.165, 1.54) is 6.54 Å². The zero-order valence-electron chi connectivity index (χ0n) is 10.2. The predicted octanol–water partition coefficient (Wildman–Crippen LogP) is 1.09. The fourth-order valence-electron chi connectivity index (χ4n) is 1.09. The highest BCUT2D eigenvalue weighted by Crippen LogP contribution is 2.38. The summed E-state index contributed by atoms with van der Waals surface area (Å²) in [6.45, 7) is 3.40. The first kappa shape index (κ1) is 15.2. The Hall–Kier alpha value is -2.82. The molecule has 2 N–H and O–H groups in total. The Morgan fingerprint density at radius 2 is 1.45 bits per heavy atom. The molecule has 108 valence electrons. The van der Waals surface area contributed by atoms with Gasteiger partial charge in [0.2, 0.25) is 0 Å². The molecular formula is C9H10N4O7. The summed E-state index contributed by atoms with van der Waals surface area (Å²) < 4.78 is 0. The molecule has 1 saturated heterocycles. The zero-order chi connectivity index (χ0) is 15.4. The largest absolute Gasteiger partial charge is 0.497 e. The van der Waals surface area contributed by atoms with Crippen molar-refractivity contribution in [2.24, 2.45) is 0 Å². The lowest BCUT2D eigenvalue weighted by molar-refractivity contribution is -0.404. The quantitative estimate of drug-likeness (QED) is 0.472. The van der Waals surface area contributed by atoms with E-state index in [9.17, 15) is 30.3 Å². The normalized spacial score (nSPS) is 15.8. The highest BCUT2D eigenvalue weighted by atomic mass is 16.6. The van der Waals surface area contributed by atoms with Gasteiger partial charge in [-0.1, -0.05) is 0 Å². The second kappa shape index (κ2) is 5.88. The van der Waals surface area contributed by atoms with Crippen LogP contribution in [0.3, 0.4) is 0 Å². The van der Waals surface area contributed by atoms with E-state index in [0.717, 1.165) is 6.04 Å². The molecule has 11 nitrogen and oxygen atoms in total. The number of hydrogen-bond donors (Lipinski definition) is 2. The number of nitrogens with one attached hydrogen (secondary N) is 1. The molecule has 1 aromatic rings. The van der Waals surface area contributed by atoms with Gasteiger partial charge in [0.1, 0.15) is 0 Å². The number of non-ortho nitro benzene ring substituents is 1. The van der Waals surface area contributed by atoms with Gasteiger partial charge in [0, 0.05) is 12.6 Å². The molecule has 1 fully saturated rings. The van der Waals surface area contributed by atoms with E-state index in [4.69, 9.17) is 5.11 Å². The topological polar surface area (TPSA) is 172 Å². The van der Waals surface area contributed by atoms with Gasteiger partial charge in [0.05, 0.1) is 26.9 Å². The predicted molar refractivity (Wildman–Crippen MR) is 65.5 cm³/mol. The maximum atomic E-state index is 10.4. The van der Waals surface area contributed by atoms with Crippen molar-refractivity contribution >= 4 is 17.1 Å². The van der Waals surface area contributed by atoms with Crippen LogP contribution in [0.25, 0.3) is 0 Å². The van der Waals surface area contributed by atoms with E-state index >= 15 is 0 Å². The monoisotopic (exact) mass is 286 g/mol. The van der Waals surface area contributed by atoms with Gasteiger partial charge in [0.15, 0.2) is 0 Å². The first-order valence-corrected chi connectivity index (χ1v) is 5.27. The van der Waals surface area contributed by atoms with Crippen LogP contribution in [0.1, 0.15) is 6.92 Å². The molecule has 1 aromatic carbocycles.